The highest BCUT2D eigenvalue weighted by molar-refractivity contribution is 7.47. The van der Waals surface area contributed by atoms with Crippen molar-refractivity contribution in [2.45, 2.75) is 289 Å². The van der Waals surface area contributed by atoms with Crippen molar-refractivity contribution >= 4 is 13.7 Å². The number of aliphatic hydroxyl groups excluding tert-OH is 1. The lowest BCUT2D eigenvalue weighted by Gasteiger charge is -2.26. The van der Waals surface area contributed by atoms with E-state index in [2.05, 4.69) is 116 Å². The van der Waals surface area contributed by atoms with Crippen LogP contribution in [0.25, 0.3) is 0 Å². The topological polar surface area (TPSA) is 105 Å². The van der Waals surface area contributed by atoms with Crippen LogP contribution in [-0.2, 0) is 18.4 Å². The van der Waals surface area contributed by atoms with E-state index in [1.54, 1.807) is 0 Å². The first-order valence-corrected chi connectivity index (χ1v) is 33.6. The van der Waals surface area contributed by atoms with Crippen molar-refractivity contribution in [3.8, 4) is 0 Å². The number of hydrogen-bond donors (Lipinski definition) is 3. The summed E-state index contributed by atoms with van der Waals surface area (Å²) in [5.41, 5.74) is 0. The molecule has 0 fully saturated rings. The second kappa shape index (κ2) is 58.1. The van der Waals surface area contributed by atoms with Gasteiger partial charge in [-0.2, -0.15) is 0 Å². The molecule has 0 radical (unpaired) electrons. The molecule has 0 heterocycles. The fourth-order valence-corrected chi connectivity index (χ4v) is 9.86. The molecule has 0 aliphatic rings. The van der Waals surface area contributed by atoms with Crippen LogP contribution in [0.15, 0.2) is 97.2 Å². The van der Waals surface area contributed by atoms with Gasteiger partial charge in [-0.25, -0.2) is 4.57 Å². The van der Waals surface area contributed by atoms with E-state index in [0.29, 0.717) is 23.9 Å². The van der Waals surface area contributed by atoms with Gasteiger partial charge in [-0.3, -0.25) is 13.8 Å². The Morgan fingerprint density at radius 2 is 0.779 bits per heavy atom. The number of hydrogen-bond acceptors (Lipinski definition) is 5. The van der Waals surface area contributed by atoms with Crippen LogP contribution in [0.1, 0.15) is 277 Å². The van der Waals surface area contributed by atoms with Gasteiger partial charge in [0.1, 0.15) is 13.2 Å². The van der Waals surface area contributed by atoms with Gasteiger partial charge in [-0.1, -0.05) is 291 Å². The highest BCUT2D eigenvalue weighted by Gasteiger charge is 2.28. The second-order valence-corrected chi connectivity index (χ2v) is 24.2. The van der Waals surface area contributed by atoms with Crippen molar-refractivity contribution in [1.29, 1.82) is 0 Å². The smallest absolute Gasteiger partial charge is 0.391 e. The molecule has 3 atom stereocenters. The van der Waals surface area contributed by atoms with Crippen LogP contribution in [0.5, 0.6) is 0 Å². The zero-order chi connectivity index (χ0) is 56.3. The normalized spacial score (nSPS) is 14.4. The van der Waals surface area contributed by atoms with Gasteiger partial charge in [0.25, 0.3) is 0 Å². The van der Waals surface area contributed by atoms with Gasteiger partial charge in [-0.05, 0) is 77.0 Å². The Kier molecular flexibility index (Phi) is 56.1. The number of phosphoric ester groups is 1. The van der Waals surface area contributed by atoms with Crippen molar-refractivity contribution in [2.24, 2.45) is 0 Å². The molecule has 77 heavy (non-hydrogen) atoms. The summed E-state index contributed by atoms with van der Waals surface area (Å²) in [5.74, 6) is -0.160. The maximum atomic E-state index is 13.0. The predicted octanol–water partition coefficient (Wildman–Crippen LogP) is 20.2. The average Bonchev–Trinajstić information content (AvgIpc) is 3.39. The number of carbonyl (C=O) groups is 1. The van der Waals surface area contributed by atoms with Crippen molar-refractivity contribution < 1.29 is 32.9 Å². The zero-order valence-electron chi connectivity index (χ0n) is 50.9. The molecule has 9 heteroatoms. The second-order valence-electron chi connectivity index (χ2n) is 22.8. The van der Waals surface area contributed by atoms with Gasteiger partial charge in [0.2, 0.25) is 5.91 Å². The lowest BCUT2D eigenvalue weighted by Crippen LogP contribution is -2.46. The predicted molar refractivity (Wildman–Crippen MR) is 336 cm³/mol. The van der Waals surface area contributed by atoms with Gasteiger partial charge >= 0.3 is 7.82 Å². The summed E-state index contributed by atoms with van der Waals surface area (Å²) in [5, 5.41) is 14.1. The molecule has 1 amide bonds. The Morgan fingerprint density at radius 1 is 0.455 bits per heavy atom. The first-order valence-electron chi connectivity index (χ1n) is 32.1. The first kappa shape index (κ1) is 74.4. The van der Waals surface area contributed by atoms with E-state index in [1.165, 1.54) is 148 Å². The third-order valence-corrected chi connectivity index (χ3v) is 15.1. The quantitative estimate of drug-likeness (QED) is 0.0243. The SMILES string of the molecule is CC/C=C\C/C=C\C/C=C\C/C=C\C/C=C\C/C=C\C/C=C\C/C=C\CCCCCCCCC(=O)NC(COP(=O)(O)OCC[N+](C)(C)C)C(O)CCCCCCCCCCCCCCCCCCCCCCCCCC. The lowest BCUT2D eigenvalue weighted by atomic mass is 10.0. The van der Waals surface area contributed by atoms with E-state index < -0.39 is 20.0 Å². The monoisotopic (exact) mass is 1100 g/mol. The van der Waals surface area contributed by atoms with E-state index in [9.17, 15) is 19.4 Å². The van der Waals surface area contributed by atoms with E-state index >= 15 is 0 Å². The van der Waals surface area contributed by atoms with Gasteiger partial charge in [-0.15, -0.1) is 0 Å². The molecule has 3 N–H and O–H groups in total. The molecule has 0 rings (SSSR count). The molecule has 446 valence electrons. The standard InChI is InChI=1S/C68H123N2O6P/c1-6-8-10-12-14-16-18-20-22-24-26-28-30-32-33-34-35-36-37-38-40-42-44-46-48-50-52-54-56-58-60-62-68(72)69-66(65-76-77(73,74)75-64-63-70(3,4)5)67(71)61-59-57-55-53-51-49-47-45-43-41-39-31-29-27-25-23-21-19-17-15-13-11-9-7-2/h8,10,14,16,20,22,26,28,32-33,35-36,38,40,44,46,66-67,71H,6-7,9,11-13,15,17-19,21,23-25,27,29-31,34,37,39,41-43,45,47-65H2,1-5H3,(H-,69,72,73,74)/p+1/b10-8-,16-14-,22-20-,28-26-,33-32-,36-35-,40-38-,46-44-. The number of rotatable bonds is 58. The van der Waals surface area contributed by atoms with Crippen molar-refractivity contribution in [3.63, 3.8) is 0 Å². The van der Waals surface area contributed by atoms with Crippen LogP contribution < -0.4 is 5.32 Å². The summed E-state index contributed by atoms with van der Waals surface area (Å²) in [7, 11) is 1.60. The number of amides is 1. The first-order chi connectivity index (χ1) is 37.5. The van der Waals surface area contributed by atoms with Crippen LogP contribution in [0.3, 0.4) is 0 Å². The number of carbonyl (C=O) groups excluding carboxylic acids is 1. The van der Waals surface area contributed by atoms with Gasteiger partial charge < -0.3 is 19.8 Å². The van der Waals surface area contributed by atoms with Crippen LogP contribution in [-0.4, -0.2) is 73.4 Å². The van der Waals surface area contributed by atoms with Crippen LogP contribution >= 0.6 is 7.82 Å². The number of phosphoric acid groups is 1. The van der Waals surface area contributed by atoms with Crippen molar-refractivity contribution in [1.82, 2.24) is 5.32 Å². The van der Waals surface area contributed by atoms with Gasteiger partial charge in [0.05, 0.1) is 39.9 Å². The fourth-order valence-electron chi connectivity index (χ4n) is 9.12. The molecule has 0 aromatic rings. The summed E-state index contributed by atoms with van der Waals surface area (Å²) >= 11 is 0. The third kappa shape index (κ3) is 60.9. The number of allylic oxidation sites excluding steroid dienone is 16. The molecule has 0 saturated carbocycles. The van der Waals surface area contributed by atoms with Crippen LogP contribution in [0, 0.1) is 0 Å². The lowest BCUT2D eigenvalue weighted by molar-refractivity contribution is -0.870. The fraction of sp³-hybridized carbons (Fsp3) is 0.750. The molecule has 3 unspecified atom stereocenters. The molecule has 0 bridgehead atoms. The Morgan fingerprint density at radius 3 is 1.14 bits per heavy atom. The minimum atomic E-state index is -4.34. The summed E-state index contributed by atoms with van der Waals surface area (Å²) in [6.45, 7) is 4.78. The Labute approximate surface area is 477 Å². The number of nitrogens with one attached hydrogen (secondary N) is 1. The molecule has 0 aliphatic carbocycles. The summed E-state index contributed by atoms with van der Waals surface area (Å²) in [6.07, 6.45) is 83.3. The molecule has 0 aromatic carbocycles. The number of quaternary nitrogens is 1. The Bertz CT molecular complexity index is 1570. The summed E-state index contributed by atoms with van der Waals surface area (Å²) < 4.78 is 23.8. The molecular weight excluding hydrogens is 972 g/mol. The summed E-state index contributed by atoms with van der Waals surface area (Å²) in [4.78, 5) is 23.4. The largest absolute Gasteiger partial charge is 0.472 e. The maximum Gasteiger partial charge on any atom is 0.472 e. The van der Waals surface area contributed by atoms with Crippen molar-refractivity contribution in [3.05, 3.63) is 97.2 Å². The molecule has 0 saturated heterocycles. The number of aliphatic hydroxyl groups is 1. The van der Waals surface area contributed by atoms with Crippen LogP contribution in [0.4, 0.5) is 0 Å². The van der Waals surface area contributed by atoms with E-state index in [-0.39, 0.29) is 19.1 Å². The molecular formula is C68H124N2O6P+. The number of nitrogens with zero attached hydrogens (tertiary/aromatic N) is 1. The third-order valence-electron chi connectivity index (χ3n) is 14.1. The number of unbranched alkanes of at least 4 members (excludes halogenated alkanes) is 29. The van der Waals surface area contributed by atoms with Crippen LogP contribution in [0.2, 0.25) is 0 Å². The van der Waals surface area contributed by atoms with E-state index in [0.717, 1.165) is 103 Å². The summed E-state index contributed by atoms with van der Waals surface area (Å²) in [6, 6.07) is -0.777. The Balaban J connectivity index is 4.19. The highest BCUT2D eigenvalue weighted by atomic mass is 31.2. The van der Waals surface area contributed by atoms with E-state index in [4.69, 9.17) is 9.05 Å². The molecule has 0 aromatic heterocycles. The highest BCUT2D eigenvalue weighted by Crippen LogP contribution is 2.43. The minimum absolute atomic E-state index is 0.0670. The Hall–Kier alpha value is -2.58. The number of likely N-dealkylation sites (N-methyl/N-ethyl adjacent to an activating group) is 1. The zero-order valence-corrected chi connectivity index (χ0v) is 51.8. The average molecular weight is 1100 g/mol. The molecule has 0 aliphatic heterocycles. The van der Waals surface area contributed by atoms with E-state index in [1.807, 2.05) is 21.1 Å². The molecule has 8 nitrogen and oxygen atoms in total. The maximum absolute atomic E-state index is 13.0. The minimum Gasteiger partial charge on any atom is -0.391 e. The van der Waals surface area contributed by atoms with Gasteiger partial charge in [0.15, 0.2) is 0 Å². The molecule has 0 spiro atoms. The van der Waals surface area contributed by atoms with Crippen molar-refractivity contribution in [2.75, 3.05) is 40.9 Å². The van der Waals surface area contributed by atoms with Gasteiger partial charge in [0, 0.05) is 6.42 Å².